The Morgan fingerprint density at radius 3 is 2.48 bits per heavy atom. The smallest absolute Gasteiger partial charge is 0.387 e. The number of halogens is 4. The Morgan fingerprint density at radius 2 is 1.86 bits per heavy atom. The molecular weight excluding hydrogens is 416 g/mol. The third-order valence-corrected chi connectivity index (χ3v) is 3.96. The summed E-state index contributed by atoms with van der Waals surface area (Å²) in [6.07, 6.45) is 1.26. The molecular formula is C18H16F4N2O4S. The fourth-order valence-electron chi connectivity index (χ4n) is 2.07. The van der Waals surface area contributed by atoms with Gasteiger partial charge in [-0.15, -0.1) is 0 Å². The van der Waals surface area contributed by atoms with E-state index in [0.29, 0.717) is 27.9 Å². The molecule has 2 aromatic rings. The van der Waals surface area contributed by atoms with E-state index in [1.165, 1.54) is 55.8 Å². The quantitative estimate of drug-likeness (QED) is 0.257. The Labute approximate surface area is 167 Å². The number of benzene rings is 2. The number of amides is 1. The molecule has 2 rings (SSSR count). The van der Waals surface area contributed by atoms with Crippen LogP contribution in [0.4, 0.5) is 23.2 Å². The molecule has 11 heteroatoms. The molecule has 0 aromatic heterocycles. The van der Waals surface area contributed by atoms with Crippen LogP contribution in [0.25, 0.3) is 0 Å². The van der Waals surface area contributed by atoms with Gasteiger partial charge < -0.3 is 19.6 Å². The van der Waals surface area contributed by atoms with Gasteiger partial charge in [0.25, 0.3) is 11.7 Å². The van der Waals surface area contributed by atoms with Crippen molar-refractivity contribution in [3.8, 4) is 11.5 Å². The van der Waals surface area contributed by atoms with E-state index in [4.69, 9.17) is 9.57 Å². The van der Waals surface area contributed by atoms with Crippen molar-refractivity contribution in [3.05, 3.63) is 48.0 Å². The summed E-state index contributed by atoms with van der Waals surface area (Å²) in [6, 6.07) is 10.0. The Hall–Kier alpha value is -2.95. The van der Waals surface area contributed by atoms with Gasteiger partial charge in [-0.25, -0.2) is 0 Å². The maximum absolute atomic E-state index is 12.3. The first-order chi connectivity index (χ1) is 13.9. The van der Waals surface area contributed by atoms with E-state index in [1.807, 2.05) is 0 Å². The second-order valence-corrected chi connectivity index (χ2v) is 6.31. The van der Waals surface area contributed by atoms with Crippen molar-refractivity contribution in [1.29, 1.82) is 0 Å². The molecule has 0 aliphatic carbocycles. The number of hydrogen-bond donors (Lipinski definition) is 1. The van der Waals surface area contributed by atoms with Crippen LogP contribution in [0.5, 0.6) is 11.5 Å². The van der Waals surface area contributed by atoms with E-state index < -0.39 is 24.9 Å². The molecule has 6 nitrogen and oxygen atoms in total. The summed E-state index contributed by atoms with van der Waals surface area (Å²) in [4.78, 5) is 17.0. The fourth-order valence-corrected chi connectivity index (χ4v) is 2.57. The number of ether oxygens (including phenoxy) is 2. The Morgan fingerprint density at radius 1 is 1.14 bits per heavy atom. The van der Waals surface area contributed by atoms with Crippen LogP contribution in [0, 0.1) is 0 Å². The van der Waals surface area contributed by atoms with Crippen LogP contribution in [0.15, 0.2) is 52.5 Å². The number of nitrogens with one attached hydrogen (secondary N) is 1. The predicted molar refractivity (Wildman–Crippen MR) is 100 cm³/mol. The summed E-state index contributed by atoms with van der Waals surface area (Å²) in [5.41, 5.74) is 0.886. The van der Waals surface area contributed by atoms with Crippen molar-refractivity contribution >= 4 is 29.6 Å². The van der Waals surface area contributed by atoms with Gasteiger partial charge in [0, 0.05) is 16.1 Å². The number of thioether (sulfide) groups is 1. The van der Waals surface area contributed by atoms with Crippen LogP contribution >= 0.6 is 11.8 Å². The Kier molecular flexibility index (Phi) is 8.59. The monoisotopic (exact) mass is 432 g/mol. The zero-order valence-electron chi connectivity index (χ0n) is 15.0. The molecule has 1 N–H and O–H groups in total. The largest absolute Gasteiger partial charge is 0.493 e. The van der Waals surface area contributed by atoms with E-state index in [-0.39, 0.29) is 11.5 Å². The maximum atomic E-state index is 12.3. The van der Waals surface area contributed by atoms with E-state index in [1.54, 1.807) is 0 Å². The molecule has 0 atom stereocenters. The van der Waals surface area contributed by atoms with Crippen molar-refractivity contribution in [2.24, 2.45) is 5.16 Å². The zero-order valence-corrected chi connectivity index (χ0v) is 15.8. The molecule has 1 amide bonds. The number of alkyl halides is 4. The van der Waals surface area contributed by atoms with Gasteiger partial charge in [0.1, 0.15) is 0 Å². The first-order valence-corrected chi connectivity index (χ1v) is 8.88. The lowest BCUT2D eigenvalue weighted by atomic mass is 10.2. The van der Waals surface area contributed by atoms with Crippen LogP contribution in [0.3, 0.4) is 0 Å². The summed E-state index contributed by atoms with van der Waals surface area (Å²) < 4.78 is 58.4. The van der Waals surface area contributed by atoms with E-state index in [9.17, 15) is 22.4 Å². The first-order valence-electron chi connectivity index (χ1n) is 8.00. The SMILES string of the molecule is COc1cc(/C=N/OCC(=O)Nc2ccc(SC(F)F)cc2)ccc1OC(F)F. The number of methoxy groups -OCH3 is 1. The van der Waals surface area contributed by atoms with Gasteiger partial charge in [0.15, 0.2) is 18.1 Å². The van der Waals surface area contributed by atoms with Gasteiger partial charge >= 0.3 is 6.61 Å². The van der Waals surface area contributed by atoms with Gasteiger partial charge in [0.2, 0.25) is 0 Å². The van der Waals surface area contributed by atoms with Gasteiger partial charge in [-0.05, 0) is 42.5 Å². The molecule has 0 heterocycles. The zero-order chi connectivity index (χ0) is 21.2. The predicted octanol–water partition coefficient (Wildman–Crippen LogP) is 4.60. The highest BCUT2D eigenvalue weighted by molar-refractivity contribution is 7.99. The average Bonchev–Trinajstić information content (AvgIpc) is 2.67. The third kappa shape index (κ3) is 7.90. The minimum absolute atomic E-state index is 0.0837. The molecule has 0 aliphatic rings. The van der Waals surface area contributed by atoms with Crippen molar-refractivity contribution in [2.75, 3.05) is 19.0 Å². The van der Waals surface area contributed by atoms with Crippen molar-refractivity contribution in [2.45, 2.75) is 17.3 Å². The van der Waals surface area contributed by atoms with Crippen molar-refractivity contribution in [3.63, 3.8) is 0 Å². The molecule has 0 saturated heterocycles. The number of hydrogen-bond acceptors (Lipinski definition) is 6. The molecule has 0 aliphatic heterocycles. The van der Waals surface area contributed by atoms with Gasteiger partial charge in [-0.3, -0.25) is 4.79 Å². The van der Waals surface area contributed by atoms with E-state index in [2.05, 4.69) is 15.2 Å². The van der Waals surface area contributed by atoms with E-state index >= 15 is 0 Å². The van der Waals surface area contributed by atoms with Gasteiger partial charge in [-0.1, -0.05) is 16.9 Å². The highest BCUT2D eigenvalue weighted by Crippen LogP contribution is 2.29. The van der Waals surface area contributed by atoms with Crippen LogP contribution in [-0.4, -0.2) is 38.2 Å². The van der Waals surface area contributed by atoms with E-state index in [0.717, 1.165) is 0 Å². The van der Waals surface area contributed by atoms with Crippen LogP contribution in [0.1, 0.15) is 5.56 Å². The molecule has 29 heavy (non-hydrogen) atoms. The average molecular weight is 432 g/mol. The number of nitrogens with zero attached hydrogens (tertiary/aromatic N) is 1. The molecule has 0 unspecified atom stereocenters. The summed E-state index contributed by atoms with van der Waals surface area (Å²) in [7, 11) is 1.30. The lowest BCUT2D eigenvalue weighted by Gasteiger charge is -2.09. The summed E-state index contributed by atoms with van der Waals surface area (Å²) >= 11 is 0.403. The molecule has 0 spiro atoms. The standard InChI is InChI=1S/C18H16F4N2O4S/c1-26-15-8-11(2-7-14(15)28-17(19)20)9-23-27-10-16(25)24-12-3-5-13(6-4-12)29-18(21)22/h2-9,17-18H,10H2,1H3,(H,24,25)/b23-9+. The summed E-state index contributed by atoms with van der Waals surface area (Å²) in [5, 5.41) is 6.14. The molecule has 0 bridgehead atoms. The number of oxime groups is 1. The molecule has 0 radical (unpaired) electrons. The van der Waals surface area contributed by atoms with Crippen LogP contribution < -0.4 is 14.8 Å². The first kappa shape index (κ1) is 22.3. The minimum Gasteiger partial charge on any atom is -0.493 e. The molecule has 156 valence electrons. The summed E-state index contributed by atoms with van der Waals surface area (Å²) in [6.45, 7) is -3.38. The normalized spacial score (nSPS) is 11.1. The lowest BCUT2D eigenvalue weighted by molar-refractivity contribution is -0.120. The number of carbonyl (C=O) groups is 1. The third-order valence-electron chi connectivity index (χ3n) is 3.24. The van der Waals surface area contributed by atoms with Crippen LogP contribution in [-0.2, 0) is 9.63 Å². The topological polar surface area (TPSA) is 69.2 Å². The minimum atomic E-state index is -2.98. The molecule has 0 fully saturated rings. The number of anilines is 1. The molecule has 2 aromatic carbocycles. The van der Waals surface area contributed by atoms with Crippen molar-refractivity contribution in [1.82, 2.24) is 0 Å². The van der Waals surface area contributed by atoms with Crippen molar-refractivity contribution < 1.29 is 36.7 Å². The molecule has 0 saturated carbocycles. The van der Waals surface area contributed by atoms with Gasteiger partial charge in [0.05, 0.1) is 13.3 Å². The second-order valence-electron chi connectivity index (χ2n) is 5.25. The van der Waals surface area contributed by atoms with Gasteiger partial charge in [-0.2, -0.15) is 17.6 Å². The fraction of sp³-hybridized carbons (Fsp3) is 0.222. The number of carbonyl (C=O) groups excluding carboxylic acids is 1. The Balaban J connectivity index is 1.82. The Bertz CT molecular complexity index is 835. The number of rotatable bonds is 10. The highest BCUT2D eigenvalue weighted by atomic mass is 32.2. The summed E-state index contributed by atoms with van der Waals surface area (Å²) in [5.74, 6) is -3.07. The van der Waals surface area contributed by atoms with Crippen LogP contribution in [0.2, 0.25) is 0 Å². The lowest BCUT2D eigenvalue weighted by Crippen LogP contribution is -2.16. The second kappa shape index (κ2) is 11.1. The maximum Gasteiger partial charge on any atom is 0.387 e. The highest BCUT2D eigenvalue weighted by Gasteiger charge is 2.10.